The highest BCUT2D eigenvalue weighted by atomic mass is 32.2. The van der Waals surface area contributed by atoms with Crippen molar-refractivity contribution >= 4 is 10.0 Å². The van der Waals surface area contributed by atoms with Crippen LogP contribution >= 0.6 is 0 Å². The van der Waals surface area contributed by atoms with E-state index in [0.717, 1.165) is 19.3 Å². The number of nitrogens with zero attached hydrogens (tertiary/aromatic N) is 2. The Hall–Kier alpha value is -0.920. The van der Waals surface area contributed by atoms with Crippen molar-refractivity contribution in [1.29, 1.82) is 0 Å². The van der Waals surface area contributed by atoms with Crippen molar-refractivity contribution < 1.29 is 8.42 Å². The summed E-state index contributed by atoms with van der Waals surface area (Å²) in [6.45, 7) is 6.63. The average molecular weight is 300 g/mol. The second-order valence-electron chi connectivity index (χ2n) is 5.75. The van der Waals surface area contributed by atoms with E-state index in [9.17, 15) is 8.42 Å². The molecule has 1 heterocycles. The molecule has 7 heteroatoms. The van der Waals surface area contributed by atoms with Crippen molar-refractivity contribution in [3.05, 3.63) is 11.4 Å². The maximum Gasteiger partial charge on any atom is 0.244 e. The van der Waals surface area contributed by atoms with E-state index in [-0.39, 0.29) is 6.04 Å². The van der Waals surface area contributed by atoms with Gasteiger partial charge in [-0.3, -0.25) is 4.68 Å². The summed E-state index contributed by atoms with van der Waals surface area (Å²) in [5.41, 5.74) is 6.71. The summed E-state index contributed by atoms with van der Waals surface area (Å²) in [5, 5.41) is 4.27. The third-order valence-corrected chi connectivity index (χ3v) is 5.71. The molecule has 0 spiro atoms. The van der Waals surface area contributed by atoms with E-state index in [1.165, 1.54) is 0 Å². The molecule has 1 aromatic heterocycles. The standard InChI is InChI=1S/C13H24N4O2S/c1-9-4-5-12(8-9)16-20(18,19)13-10(2)15-17(7-6-14)11(13)3/h9,12,16H,4-8,14H2,1-3H3. The van der Waals surface area contributed by atoms with Gasteiger partial charge in [0.05, 0.1) is 17.9 Å². The van der Waals surface area contributed by atoms with Gasteiger partial charge in [0.25, 0.3) is 0 Å². The SMILES string of the molecule is Cc1nn(CCN)c(C)c1S(=O)(=O)NC1CCC(C)C1. The third-order valence-electron chi connectivity index (χ3n) is 3.94. The summed E-state index contributed by atoms with van der Waals surface area (Å²) in [6, 6.07) is 0.0478. The monoisotopic (exact) mass is 300 g/mol. The lowest BCUT2D eigenvalue weighted by atomic mass is 10.1. The lowest BCUT2D eigenvalue weighted by Gasteiger charge is -2.13. The molecule has 1 aliphatic rings. The van der Waals surface area contributed by atoms with Crippen LogP contribution in [0.25, 0.3) is 0 Å². The Morgan fingerprint density at radius 1 is 1.40 bits per heavy atom. The molecule has 1 fully saturated rings. The summed E-state index contributed by atoms with van der Waals surface area (Å²) >= 11 is 0. The summed E-state index contributed by atoms with van der Waals surface area (Å²) in [4.78, 5) is 0.311. The quantitative estimate of drug-likeness (QED) is 0.846. The number of hydrogen-bond donors (Lipinski definition) is 2. The van der Waals surface area contributed by atoms with E-state index in [4.69, 9.17) is 5.73 Å². The van der Waals surface area contributed by atoms with Gasteiger partial charge in [-0.25, -0.2) is 13.1 Å². The van der Waals surface area contributed by atoms with Crippen LogP contribution in [0.2, 0.25) is 0 Å². The number of hydrogen-bond acceptors (Lipinski definition) is 4. The zero-order valence-corrected chi connectivity index (χ0v) is 13.2. The number of nitrogens with two attached hydrogens (primary N) is 1. The van der Waals surface area contributed by atoms with Gasteiger partial charge in [-0.15, -0.1) is 0 Å². The summed E-state index contributed by atoms with van der Waals surface area (Å²) in [5.74, 6) is 0.588. The smallest absolute Gasteiger partial charge is 0.244 e. The first-order chi connectivity index (χ1) is 9.35. The van der Waals surface area contributed by atoms with Gasteiger partial charge in [-0.2, -0.15) is 5.10 Å². The molecule has 6 nitrogen and oxygen atoms in total. The van der Waals surface area contributed by atoms with Gasteiger partial charge in [0.15, 0.2) is 0 Å². The minimum absolute atomic E-state index is 0.0478. The molecule has 0 bridgehead atoms. The van der Waals surface area contributed by atoms with Gasteiger partial charge >= 0.3 is 0 Å². The van der Waals surface area contributed by atoms with E-state index in [0.29, 0.717) is 35.3 Å². The van der Waals surface area contributed by atoms with Gasteiger partial charge in [-0.1, -0.05) is 6.92 Å². The fraction of sp³-hybridized carbons (Fsp3) is 0.769. The van der Waals surface area contributed by atoms with Gasteiger partial charge in [0, 0.05) is 12.6 Å². The normalized spacial score (nSPS) is 23.4. The molecule has 0 aliphatic heterocycles. The minimum atomic E-state index is -3.50. The lowest BCUT2D eigenvalue weighted by Crippen LogP contribution is -2.33. The fourth-order valence-electron chi connectivity index (χ4n) is 3.00. The Bertz CT molecular complexity index is 579. The molecule has 114 valence electrons. The highest BCUT2D eigenvalue weighted by molar-refractivity contribution is 7.89. The van der Waals surface area contributed by atoms with Gasteiger partial charge in [0.1, 0.15) is 4.90 Å². The molecule has 1 aromatic rings. The largest absolute Gasteiger partial charge is 0.329 e. The van der Waals surface area contributed by atoms with Crippen molar-refractivity contribution in [1.82, 2.24) is 14.5 Å². The lowest BCUT2D eigenvalue weighted by molar-refractivity contribution is 0.537. The van der Waals surface area contributed by atoms with Crippen LogP contribution in [-0.4, -0.2) is 30.8 Å². The Morgan fingerprint density at radius 2 is 2.10 bits per heavy atom. The second kappa shape index (κ2) is 5.83. The van der Waals surface area contributed by atoms with E-state index in [1.54, 1.807) is 18.5 Å². The molecule has 0 amide bonds. The van der Waals surface area contributed by atoms with Gasteiger partial charge < -0.3 is 5.73 Å². The van der Waals surface area contributed by atoms with E-state index < -0.39 is 10.0 Å². The molecule has 0 radical (unpaired) electrons. The van der Waals surface area contributed by atoms with E-state index in [2.05, 4.69) is 16.7 Å². The maximum atomic E-state index is 12.6. The van der Waals surface area contributed by atoms with Crippen LogP contribution in [0.5, 0.6) is 0 Å². The first kappa shape index (κ1) is 15.5. The van der Waals surface area contributed by atoms with Crippen LogP contribution in [0.3, 0.4) is 0 Å². The predicted molar refractivity (Wildman–Crippen MR) is 77.9 cm³/mol. The maximum absolute atomic E-state index is 12.6. The number of sulfonamides is 1. The molecule has 2 atom stereocenters. The fourth-order valence-corrected chi connectivity index (χ4v) is 4.70. The Balaban J connectivity index is 2.25. The van der Waals surface area contributed by atoms with Crippen LogP contribution in [0.15, 0.2) is 4.90 Å². The van der Waals surface area contributed by atoms with Crippen molar-refractivity contribution in [2.45, 2.75) is 57.5 Å². The zero-order valence-electron chi connectivity index (χ0n) is 12.4. The minimum Gasteiger partial charge on any atom is -0.329 e. The van der Waals surface area contributed by atoms with Crippen molar-refractivity contribution in [2.24, 2.45) is 11.7 Å². The van der Waals surface area contributed by atoms with Gasteiger partial charge in [0.2, 0.25) is 10.0 Å². The molecule has 1 aliphatic carbocycles. The summed E-state index contributed by atoms with van der Waals surface area (Å²) in [7, 11) is -3.50. The second-order valence-corrected chi connectivity index (χ2v) is 7.40. The highest BCUT2D eigenvalue weighted by Gasteiger charge is 2.30. The zero-order chi connectivity index (χ0) is 14.9. The molecule has 2 rings (SSSR count). The van der Waals surface area contributed by atoms with Crippen LogP contribution in [0.1, 0.15) is 37.6 Å². The number of aryl methyl sites for hydroxylation is 1. The molecule has 0 saturated heterocycles. The third kappa shape index (κ3) is 3.05. The molecule has 3 N–H and O–H groups in total. The number of rotatable bonds is 5. The first-order valence-corrected chi connectivity index (χ1v) is 8.60. The average Bonchev–Trinajstić information content (AvgIpc) is 2.84. The van der Waals surface area contributed by atoms with Crippen LogP contribution in [0, 0.1) is 19.8 Å². The van der Waals surface area contributed by atoms with Gasteiger partial charge in [-0.05, 0) is 39.0 Å². The van der Waals surface area contributed by atoms with Crippen molar-refractivity contribution in [2.75, 3.05) is 6.54 Å². The predicted octanol–water partition coefficient (Wildman–Crippen LogP) is 0.926. The Kier molecular flexibility index (Phi) is 4.51. The first-order valence-electron chi connectivity index (χ1n) is 7.11. The van der Waals surface area contributed by atoms with Crippen LogP contribution in [-0.2, 0) is 16.6 Å². The highest BCUT2D eigenvalue weighted by Crippen LogP contribution is 2.27. The Labute approximate surface area is 120 Å². The summed E-state index contributed by atoms with van der Waals surface area (Å²) < 4.78 is 29.6. The van der Waals surface area contributed by atoms with Crippen molar-refractivity contribution in [3.8, 4) is 0 Å². The number of nitrogens with one attached hydrogen (secondary N) is 1. The molecular formula is C13H24N4O2S. The summed E-state index contributed by atoms with van der Waals surface area (Å²) in [6.07, 6.45) is 2.90. The number of aromatic nitrogens is 2. The van der Waals surface area contributed by atoms with Crippen LogP contribution < -0.4 is 10.5 Å². The topological polar surface area (TPSA) is 90.0 Å². The van der Waals surface area contributed by atoms with E-state index in [1.807, 2.05) is 0 Å². The molecule has 20 heavy (non-hydrogen) atoms. The molecular weight excluding hydrogens is 276 g/mol. The van der Waals surface area contributed by atoms with Crippen molar-refractivity contribution in [3.63, 3.8) is 0 Å². The van der Waals surface area contributed by atoms with E-state index >= 15 is 0 Å². The van der Waals surface area contributed by atoms with Crippen LogP contribution in [0.4, 0.5) is 0 Å². The molecule has 2 unspecified atom stereocenters. The Morgan fingerprint density at radius 3 is 2.65 bits per heavy atom. The molecule has 1 saturated carbocycles. The molecule has 0 aromatic carbocycles.